The summed E-state index contributed by atoms with van der Waals surface area (Å²) in [6.45, 7) is 5.77. The van der Waals surface area contributed by atoms with E-state index in [9.17, 15) is 4.79 Å². The van der Waals surface area contributed by atoms with E-state index in [1.807, 2.05) is 6.92 Å². The van der Waals surface area contributed by atoms with Crippen molar-refractivity contribution in [3.63, 3.8) is 0 Å². The Bertz CT molecular complexity index is 371. The molecule has 0 fully saturated rings. The predicted molar refractivity (Wildman–Crippen MR) is 54.7 cm³/mol. The van der Waals surface area contributed by atoms with Crippen molar-refractivity contribution in [1.29, 1.82) is 0 Å². The molecule has 0 bridgehead atoms. The quantitative estimate of drug-likeness (QED) is 0.814. The first-order valence-electron chi connectivity index (χ1n) is 4.83. The number of aromatic nitrogens is 2. The van der Waals surface area contributed by atoms with Crippen molar-refractivity contribution in [1.82, 2.24) is 9.78 Å². The van der Waals surface area contributed by atoms with Crippen molar-refractivity contribution < 1.29 is 14.6 Å². The summed E-state index contributed by atoms with van der Waals surface area (Å²) in [5, 5.41) is 13.2. The monoisotopic (exact) mass is 212 g/mol. The van der Waals surface area contributed by atoms with Crippen molar-refractivity contribution in [3.05, 3.63) is 17.0 Å². The van der Waals surface area contributed by atoms with E-state index in [0.717, 1.165) is 5.69 Å². The second-order valence-electron chi connectivity index (χ2n) is 3.38. The zero-order chi connectivity index (χ0) is 11.6. The molecule has 5 nitrogen and oxygen atoms in total. The lowest BCUT2D eigenvalue weighted by Gasteiger charge is -2.12. The molecule has 0 aliphatic rings. The highest BCUT2D eigenvalue weighted by Crippen LogP contribution is 2.24. The van der Waals surface area contributed by atoms with Gasteiger partial charge < -0.3 is 9.84 Å². The number of carbonyl (C=O) groups is 1. The maximum atomic E-state index is 11.0. The van der Waals surface area contributed by atoms with Crippen molar-refractivity contribution in [3.8, 4) is 0 Å². The van der Waals surface area contributed by atoms with Crippen LogP contribution in [0.3, 0.4) is 0 Å². The van der Waals surface area contributed by atoms with E-state index in [4.69, 9.17) is 9.84 Å². The van der Waals surface area contributed by atoms with Crippen molar-refractivity contribution in [2.45, 2.75) is 26.9 Å². The summed E-state index contributed by atoms with van der Waals surface area (Å²) in [6.07, 6.45) is -0.913. The highest BCUT2D eigenvalue weighted by Gasteiger charge is 2.26. The number of aryl methyl sites for hydroxylation is 2. The van der Waals surface area contributed by atoms with Crippen LogP contribution in [-0.4, -0.2) is 27.5 Å². The van der Waals surface area contributed by atoms with Crippen LogP contribution in [0.5, 0.6) is 0 Å². The van der Waals surface area contributed by atoms with Gasteiger partial charge in [0.15, 0.2) is 6.10 Å². The maximum Gasteiger partial charge on any atom is 0.337 e. The highest BCUT2D eigenvalue weighted by molar-refractivity contribution is 5.75. The van der Waals surface area contributed by atoms with Crippen LogP contribution >= 0.6 is 0 Å². The first-order chi connectivity index (χ1) is 6.99. The number of aliphatic carboxylic acids is 1. The van der Waals surface area contributed by atoms with E-state index >= 15 is 0 Å². The average Bonchev–Trinajstić information content (AvgIpc) is 2.38. The Kier molecular flexibility index (Phi) is 3.47. The molecule has 1 unspecified atom stereocenters. The Morgan fingerprint density at radius 1 is 1.60 bits per heavy atom. The Hall–Kier alpha value is -1.36. The third-order valence-corrected chi connectivity index (χ3v) is 2.38. The van der Waals surface area contributed by atoms with Gasteiger partial charge in [0.1, 0.15) is 0 Å². The molecular weight excluding hydrogens is 196 g/mol. The van der Waals surface area contributed by atoms with Gasteiger partial charge in [-0.05, 0) is 20.8 Å². The third-order valence-electron chi connectivity index (χ3n) is 2.38. The molecule has 1 aromatic rings. The number of hydrogen-bond acceptors (Lipinski definition) is 3. The molecule has 5 heteroatoms. The van der Waals surface area contributed by atoms with Crippen LogP contribution in [0.4, 0.5) is 0 Å². The predicted octanol–water partition coefficient (Wildman–Crippen LogP) is 1.20. The Morgan fingerprint density at radius 3 is 2.53 bits per heavy atom. The molecule has 0 saturated heterocycles. The fourth-order valence-electron chi connectivity index (χ4n) is 1.61. The topological polar surface area (TPSA) is 64.3 Å². The SMILES string of the molecule is CCOC(C(=O)O)c1c(C)nn(C)c1C. The summed E-state index contributed by atoms with van der Waals surface area (Å²) < 4.78 is 6.88. The highest BCUT2D eigenvalue weighted by atomic mass is 16.5. The van der Waals surface area contributed by atoms with Crippen LogP contribution in [0.15, 0.2) is 0 Å². The largest absolute Gasteiger partial charge is 0.479 e. The molecule has 84 valence electrons. The standard InChI is InChI=1S/C10H16N2O3/c1-5-15-9(10(13)14)8-6(2)11-12(4)7(8)3/h9H,5H2,1-4H3,(H,13,14). The van der Waals surface area contributed by atoms with Gasteiger partial charge in [-0.1, -0.05) is 0 Å². The molecule has 15 heavy (non-hydrogen) atoms. The van der Waals surface area contributed by atoms with Crippen molar-refractivity contribution in [2.24, 2.45) is 7.05 Å². The number of hydrogen-bond donors (Lipinski definition) is 1. The van der Waals surface area contributed by atoms with E-state index in [1.165, 1.54) is 0 Å². The zero-order valence-electron chi connectivity index (χ0n) is 9.44. The van der Waals surface area contributed by atoms with Gasteiger partial charge in [0.05, 0.1) is 5.69 Å². The number of carboxylic acids is 1. The third kappa shape index (κ3) is 2.18. The first kappa shape index (κ1) is 11.7. The van der Waals surface area contributed by atoms with E-state index in [0.29, 0.717) is 17.9 Å². The molecule has 1 N–H and O–H groups in total. The maximum absolute atomic E-state index is 11.0. The van der Waals surface area contributed by atoms with Crippen molar-refractivity contribution in [2.75, 3.05) is 6.61 Å². The van der Waals surface area contributed by atoms with Gasteiger partial charge in [-0.15, -0.1) is 0 Å². The van der Waals surface area contributed by atoms with Crippen LogP contribution in [-0.2, 0) is 16.6 Å². The number of rotatable bonds is 4. The van der Waals surface area contributed by atoms with Gasteiger partial charge in [-0.25, -0.2) is 4.79 Å². The molecule has 0 radical (unpaired) electrons. The minimum atomic E-state index is -0.976. The normalized spacial score (nSPS) is 12.8. The van der Waals surface area contributed by atoms with E-state index in [-0.39, 0.29) is 0 Å². The first-order valence-corrected chi connectivity index (χ1v) is 4.83. The molecule has 0 amide bonds. The average molecular weight is 212 g/mol. The Balaban J connectivity index is 3.15. The Morgan fingerprint density at radius 2 is 2.20 bits per heavy atom. The molecule has 0 saturated carbocycles. The molecule has 1 atom stereocenters. The summed E-state index contributed by atoms with van der Waals surface area (Å²) in [6, 6.07) is 0. The molecule has 1 rings (SSSR count). The smallest absolute Gasteiger partial charge is 0.337 e. The van der Waals surface area contributed by atoms with E-state index < -0.39 is 12.1 Å². The number of carboxylic acid groups (broad SMARTS) is 1. The van der Waals surface area contributed by atoms with Crippen molar-refractivity contribution >= 4 is 5.97 Å². The lowest BCUT2D eigenvalue weighted by atomic mass is 10.1. The lowest BCUT2D eigenvalue weighted by molar-refractivity contribution is -0.150. The van der Waals surface area contributed by atoms with Crippen LogP contribution in [0.1, 0.15) is 30.0 Å². The van der Waals surface area contributed by atoms with Crippen LogP contribution in [0.25, 0.3) is 0 Å². The summed E-state index contributed by atoms with van der Waals surface area (Å²) in [5.74, 6) is -0.976. The summed E-state index contributed by atoms with van der Waals surface area (Å²) >= 11 is 0. The molecule has 1 heterocycles. The fourth-order valence-corrected chi connectivity index (χ4v) is 1.61. The molecule has 0 aliphatic heterocycles. The van der Waals surface area contributed by atoms with Crippen LogP contribution in [0, 0.1) is 13.8 Å². The number of nitrogens with zero attached hydrogens (tertiary/aromatic N) is 2. The van der Waals surface area contributed by atoms with Crippen LogP contribution < -0.4 is 0 Å². The summed E-state index contributed by atoms with van der Waals surface area (Å²) in [7, 11) is 1.79. The Labute approximate surface area is 88.7 Å². The van der Waals surface area contributed by atoms with Gasteiger partial charge >= 0.3 is 5.97 Å². The molecular formula is C10H16N2O3. The minimum Gasteiger partial charge on any atom is -0.479 e. The lowest BCUT2D eigenvalue weighted by Crippen LogP contribution is -2.17. The minimum absolute atomic E-state index is 0.366. The molecule has 1 aromatic heterocycles. The fraction of sp³-hybridized carbons (Fsp3) is 0.600. The van der Waals surface area contributed by atoms with Gasteiger partial charge in [0.25, 0.3) is 0 Å². The molecule has 0 aromatic carbocycles. The van der Waals surface area contributed by atoms with Gasteiger partial charge in [0, 0.05) is 24.9 Å². The van der Waals surface area contributed by atoms with Gasteiger partial charge in [0.2, 0.25) is 0 Å². The van der Waals surface area contributed by atoms with Gasteiger partial charge in [-0.3, -0.25) is 4.68 Å². The number of ether oxygens (including phenoxy) is 1. The summed E-state index contributed by atoms with van der Waals surface area (Å²) in [5.41, 5.74) is 2.19. The second-order valence-corrected chi connectivity index (χ2v) is 3.38. The van der Waals surface area contributed by atoms with Gasteiger partial charge in [-0.2, -0.15) is 5.10 Å². The zero-order valence-corrected chi connectivity index (χ0v) is 9.44. The summed E-state index contributed by atoms with van der Waals surface area (Å²) in [4.78, 5) is 11.0. The van der Waals surface area contributed by atoms with E-state index in [2.05, 4.69) is 5.10 Å². The molecule has 0 aliphatic carbocycles. The van der Waals surface area contributed by atoms with Crippen LogP contribution in [0.2, 0.25) is 0 Å². The van der Waals surface area contributed by atoms with E-state index in [1.54, 1.807) is 25.6 Å². The molecule has 0 spiro atoms. The second kappa shape index (κ2) is 4.44.